The molecular weight excluding hydrogens is 276 g/mol. The first-order chi connectivity index (χ1) is 10.6. The highest BCUT2D eigenvalue weighted by atomic mass is 16.3. The van der Waals surface area contributed by atoms with Crippen LogP contribution >= 0.6 is 0 Å². The van der Waals surface area contributed by atoms with Crippen LogP contribution in [0.25, 0.3) is 10.8 Å². The Bertz CT molecular complexity index is 737. The first kappa shape index (κ1) is 14.6. The lowest BCUT2D eigenvalue weighted by Crippen LogP contribution is -2.24. The third-order valence-electron chi connectivity index (χ3n) is 4.30. The molecule has 2 aromatic carbocycles. The predicted octanol–water partition coefficient (Wildman–Crippen LogP) is 3.84. The molecule has 114 valence electrons. The molecule has 1 fully saturated rings. The lowest BCUT2D eigenvalue weighted by Gasteiger charge is -2.19. The van der Waals surface area contributed by atoms with Crippen LogP contribution in [0.3, 0.4) is 0 Å². The molecule has 3 rings (SSSR count). The van der Waals surface area contributed by atoms with Crippen molar-refractivity contribution in [3.05, 3.63) is 42.0 Å². The number of hydrogen-bond acceptors (Lipinski definition) is 3. The van der Waals surface area contributed by atoms with E-state index in [0.717, 1.165) is 35.7 Å². The number of amides is 1. The topological polar surface area (TPSA) is 61.7 Å². The van der Waals surface area contributed by atoms with Crippen molar-refractivity contribution < 1.29 is 9.90 Å². The zero-order chi connectivity index (χ0) is 15.5. The average Bonchev–Trinajstić information content (AvgIpc) is 2.53. The summed E-state index contributed by atoms with van der Waals surface area (Å²) in [6.07, 6.45) is 4.40. The first-order valence-corrected chi connectivity index (χ1v) is 7.73. The van der Waals surface area contributed by atoms with Gasteiger partial charge in [0.2, 0.25) is 0 Å². The van der Waals surface area contributed by atoms with Crippen molar-refractivity contribution in [3.63, 3.8) is 0 Å². The molecular formula is C18H20N2O2. The molecule has 0 heterocycles. The molecule has 1 unspecified atom stereocenters. The maximum absolute atomic E-state index is 12.3. The largest absolute Gasteiger partial charge is 0.507 e. The van der Waals surface area contributed by atoms with Crippen molar-refractivity contribution in [3.8, 4) is 5.75 Å². The molecule has 0 saturated heterocycles. The van der Waals surface area contributed by atoms with E-state index in [9.17, 15) is 9.90 Å². The minimum atomic E-state index is -0.367. The minimum absolute atomic E-state index is 0.0203. The monoisotopic (exact) mass is 296 g/mol. The van der Waals surface area contributed by atoms with Crippen molar-refractivity contribution >= 4 is 22.4 Å². The molecule has 22 heavy (non-hydrogen) atoms. The number of hydrazone groups is 1. The normalized spacial score (nSPS) is 20.2. The van der Waals surface area contributed by atoms with Gasteiger partial charge in [0.05, 0.1) is 5.56 Å². The second-order valence-electron chi connectivity index (χ2n) is 5.91. The summed E-state index contributed by atoms with van der Waals surface area (Å²) in [4.78, 5) is 12.3. The lowest BCUT2D eigenvalue weighted by molar-refractivity contribution is 0.0952. The zero-order valence-corrected chi connectivity index (χ0v) is 12.7. The van der Waals surface area contributed by atoms with E-state index < -0.39 is 0 Å². The Morgan fingerprint density at radius 1 is 1.23 bits per heavy atom. The van der Waals surface area contributed by atoms with Crippen LogP contribution in [0.2, 0.25) is 0 Å². The van der Waals surface area contributed by atoms with Crippen LogP contribution in [0.4, 0.5) is 0 Å². The highest BCUT2D eigenvalue weighted by Crippen LogP contribution is 2.25. The summed E-state index contributed by atoms with van der Waals surface area (Å²) in [6.45, 7) is 2.14. The molecule has 1 aliphatic carbocycles. The van der Waals surface area contributed by atoms with Gasteiger partial charge in [0.1, 0.15) is 5.75 Å². The SMILES string of the molecule is CC1CCCCC1=NNC(=O)c1cc2ccccc2cc1O. The van der Waals surface area contributed by atoms with Gasteiger partial charge in [-0.1, -0.05) is 37.6 Å². The molecule has 0 aromatic heterocycles. The van der Waals surface area contributed by atoms with Gasteiger partial charge in [0, 0.05) is 5.71 Å². The number of fused-ring (bicyclic) bond motifs is 1. The molecule has 4 heteroatoms. The van der Waals surface area contributed by atoms with Gasteiger partial charge in [0.15, 0.2) is 0 Å². The van der Waals surface area contributed by atoms with Gasteiger partial charge < -0.3 is 5.11 Å². The highest BCUT2D eigenvalue weighted by Gasteiger charge is 2.17. The summed E-state index contributed by atoms with van der Waals surface area (Å²) in [7, 11) is 0. The van der Waals surface area contributed by atoms with E-state index in [1.807, 2.05) is 24.3 Å². The first-order valence-electron chi connectivity index (χ1n) is 7.73. The fourth-order valence-electron chi connectivity index (χ4n) is 2.93. The second kappa shape index (κ2) is 6.18. The van der Waals surface area contributed by atoms with Crippen LogP contribution in [0.1, 0.15) is 43.0 Å². The Morgan fingerprint density at radius 2 is 1.95 bits per heavy atom. The third-order valence-corrected chi connectivity index (χ3v) is 4.30. The van der Waals surface area contributed by atoms with E-state index in [1.54, 1.807) is 12.1 Å². The fraction of sp³-hybridized carbons (Fsp3) is 0.333. The summed E-state index contributed by atoms with van der Waals surface area (Å²) in [5.41, 5.74) is 3.89. The summed E-state index contributed by atoms with van der Waals surface area (Å²) < 4.78 is 0. The summed E-state index contributed by atoms with van der Waals surface area (Å²) in [6, 6.07) is 10.9. The van der Waals surface area contributed by atoms with Crippen LogP contribution in [-0.2, 0) is 0 Å². The Balaban J connectivity index is 1.83. The number of phenolic OH excluding ortho intramolecular Hbond substituents is 1. The maximum atomic E-state index is 12.3. The Labute approximate surface area is 129 Å². The number of carbonyl (C=O) groups is 1. The molecule has 2 aromatic rings. The molecule has 0 bridgehead atoms. The highest BCUT2D eigenvalue weighted by molar-refractivity contribution is 6.02. The molecule has 0 aliphatic heterocycles. The zero-order valence-electron chi connectivity index (χ0n) is 12.7. The van der Waals surface area contributed by atoms with E-state index in [2.05, 4.69) is 17.5 Å². The molecule has 0 radical (unpaired) electrons. The van der Waals surface area contributed by atoms with E-state index in [-0.39, 0.29) is 17.2 Å². The average molecular weight is 296 g/mol. The quantitative estimate of drug-likeness (QED) is 0.827. The number of hydrogen-bond donors (Lipinski definition) is 2. The Kier molecular flexibility index (Phi) is 4.09. The smallest absolute Gasteiger partial charge is 0.275 e. The van der Waals surface area contributed by atoms with Gasteiger partial charge in [0.25, 0.3) is 5.91 Å². The van der Waals surface area contributed by atoms with Crippen molar-refractivity contribution in [1.29, 1.82) is 0 Å². The molecule has 1 atom stereocenters. The minimum Gasteiger partial charge on any atom is -0.507 e. The second-order valence-corrected chi connectivity index (χ2v) is 5.91. The molecule has 1 amide bonds. The summed E-state index contributed by atoms with van der Waals surface area (Å²) >= 11 is 0. The van der Waals surface area contributed by atoms with Crippen LogP contribution in [0.5, 0.6) is 5.75 Å². The van der Waals surface area contributed by atoms with Crippen molar-refractivity contribution in [2.24, 2.45) is 11.0 Å². The van der Waals surface area contributed by atoms with Gasteiger partial charge >= 0.3 is 0 Å². The third kappa shape index (κ3) is 2.96. The predicted molar refractivity (Wildman–Crippen MR) is 88.1 cm³/mol. The number of nitrogens with zero attached hydrogens (tertiary/aromatic N) is 1. The van der Waals surface area contributed by atoms with E-state index >= 15 is 0 Å². The van der Waals surface area contributed by atoms with Crippen molar-refractivity contribution in [2.75, 3.05) is 0 Å². The molecule has 1 aliphatic rings. The van der Waals surface area contributed by atoms with Crippen LogP contribution in [0.15, 0.2) is 41.5 Å². The number of nitrogens with one attached hydrogen (secondary N) is 1. The number of benzene rings is 2. The standard InChI is InChI=1S/C18H20N2O2/c1-12-6-2-5-9-16(12)19-20-18(22)15-10-13-7-3-4-8-14(13)11-17(15)21/h3-4,7-8,10-12,21H,2,5-6,9H2,1H3,(H,20,22). The van der Waals surface area contributed by atoms with Crippen LogP contribution < -0.4 is 5.43 Å². The molecule has 1 saturated carbocycles. The molecule has 0 spiro atoms. The lowest BCUT2D eigenvalue weighted by atomic mass is 9.89. The van der Waals surface area contributed by atoms with Crippen molar-refractivity contribution in [1.82, 2.24) is 5.43 Å². The Morgan fingerprint density at radius 3 is 2.68 bits per heavy atom. The van der Waals surface area contributed by atoms with E-state index in [1.165, 1.54) is 6.42 Å². The van der Waals surface area contributed by atoms with Crippen molar-refractivity contribution in [2.45, 2.75) is 32.6 Å². The fourth-order valence-corrected chi connectivity index (χ4v) is 2.93. The van der Waals surface area contributed by atoms with E-state index in [0.29, 0.717) is 5.92 Å². The number of aromatic hydroxyl groups is 1. The maximum Gasteiger partial charge on any atom is 0.275 e. The van der Waals surface area contributed by atoms with E-state index in [4.69, 9.17) is 0 Å². The molecule has 4 nitrogen and oxygen atoms in total. The van der Waals surface area contributed by atoms with Crippen LogP contribution in [0, 0.1) is 5.92 Å². The van der Waals surface area contributed by atoms with Gasteiger partial charge in [-0.2, -0.15) is 5.10 Å². The number of rotatable bonds is 2. The van der Waals surface area contributed by atoms with Gasteiger partial charge in [-0.15, -0.1) is 0 Å². The van der Waals surface area contributed by atoms with Crippen LogP contribution in [-0.4, -0.2) is 16.7 Å². The Hall–Kier alpha value is -2.36. The summed E-state index contributed by atoms with van der Waals surface area (Å²) in [5.74, 6) is 0.0286. The van der Waals surface area contributed by atoms with Gasteiger partial charge in [-0.05, 0) is 48.1 Å². The summed E-state index contributed by atoms with van der Waals surface area (Å²) in [5, 5.41) is 16.2. The number of carbonyl (C=O) groups excluding carboxylic acids is 1. The van der Waals surface area contributed by atoms with Gasteiger partial charge in [-0.25, -0.2) is 5.43 Å². The molecule has 2 N–H and O–H groups in total. The van der Waals surface area contributed by atoms with Gasteiger partial charge in [-0.3, -0.25) is 4.79 Å². The number of phenols is 1.